The van der Waals surface area contributed by atoms with Gasteiger partial charge in [0.15, 0.2) is 0 Å². The molecule has 1 N–H and O–H groups in total. The zero-order valence-corrected chi connectivity index (χ0v) is 22.6. The van der Waals surface area contributed by atoms with Crippen LogP contribution in [0.15, 0.2) is 102 Å². The molecule has 0 saturated carbocycles. The number of benzene rings is 4. The minimum Gasteiger partial charge on any atom is -0.489 e. The number of ether oxygens (including phenoxy) is 1. The molecule has 3 nitrogen and oxygen atoms in total. The highest BCUT2D eigenvalue weighted by atomic mass is 35.5. The minimum atomic E-state index is 0.290. The Morgan fingerprint density at radius 3 is 2.55 bits per heavy atom. The summed E-state index contributed by atoms with van der Waals surface area (Å²) in [5, 5.41) is 5.03. The largest absolute Gasteiger partial charge is 0.489 e. The van der Waals surface area contributed by atoms with Gasteiger partial charge in [0, 0.05) is 33.4 Å². The Kier molecular flexibility index (Phi) is 6.97. The molecule has 0 spiro atoms. The molecule has 190 valence electrons. The summed E-state index contributed by atoms with van der Waals surface area (Å²) in [6.07, 6.45) is 7.70. The zero-order valence-electron chi connectivity index (χ0n) is 21.1. The first-order valence-corrected chi connectivity index (χ1v) is 13.6. The summed E-state index contributed by atoms with van der Waals surface area (Å²) < 4.78 is 5.88. The Morgan fingerprint density at radius 2 is 1.76 bits per heavy atom. The summed E-state index contributed by atoms with van der Waals surface area (Å²) in [4.78, 5) is 4.69. The van der Waals surface area contributed by atoms with Crippen LogP contribution >= 0.6 is 23.2 Å². The molecule has 0 amide bonds. The van der Waals surface area contributed by atoms with Gasteiger partial charge in [-0.25, -0.2) is 0 Å². The highest BCUT2D eigenvalue weighted by molar-refractivity contribution is 6.35. The molecule has 0 radical (unpaired) electrons. The van der Waals surface area contributed by atoms with Gasteiger partial charge in [0.05, 0.1) is 11.7 Å². The Balaban J connectivity index is 1.10. The molecule has 0 fully saturated rings. The van der Waals surface area contributed by atoms with Crippen LogP contribution in [-0.4, -0.2) is 6.21 Å². The molecule has 4 aromatic carbocycles. The number of hydrogen-bond acceptors (Lipinski definition) is 3. The molecule has 38 heavy (non-hydrogen) atoms. The van der Waals surface area contributed by atoms with Crippen LogP contribution in [0.4, 0.5) is 11.4 Å². The van der Waals surface area contributed by atoms with E-state index >= 15 is 0 Å². The summed E-state index contributed by atoms with van der Waals surface area (Å²) in [5.41, 5.74) is 8.12. The van der Waals surface area contributed by atoms with E-state index in [1.165, 1.54) is 22.4 Å². The molecule has 2 aliphatic rings. The summed E-state index contributed by atoms with van der Waals surface area (Å²) >= 11 is 12.2. The van der Waals surface area contributed by atoms with E-state index in [9.17, 15) is 0 Å². The Morgan fingerprint density at radius 1 is 0.947 bits per heavy atom. The standard InChI is InChI=1S/C33H28Cl2N2O/c1-21-5-16-32-30(17-21)28-3-2-4-29(28)33(37-32)23-9-12-26(13-10-23)36-19-22-6-14-27(15-7-22)38-20-24-8-11-25(34)18-31(24)35/h2-3,5-19,28-29,33,37H,4,20H2,1H3/t28-,29-,33+/m1/s1. The number of anilines is 1. The van der Waals surface area contributed by atoms with Crippen molar-refractivity contribution in [1.82, 2.24) is 0 Å². The van der Waals surface area contributed by atoms with Crippen LogP contribution < -0.4 is 10.1 Å². The van der Waals surface area contributed by atoms with Crippen molar-refractivity contribution in [3.8, 4) is 5.75 Å². The lowest BCUT2D eigenvalue weighted by Crippen LogP contribution is -2.29. The molecule has 1 aliphatic heterocycles. The average molecular weight is 540 g/mol. The predicted molar refractivity (Wildman–Crippen MR) is 158 cm³/mol. The fourth-order valence-electron chi connectivity index (χ4n) is 5.41. The Labute approximate surface area is 233 Å². The van der Waals surface area contributed by atoms with Gasteiger partial charge in [-0.1, -0.05) is 71.2 Å². The fraction of sp³-hybridized carbons (Fsp3) is 0.182. The highest BCUT2D eigenvalue weighted by Crippen LogP contribution is 2.50. The third-order valence-electron chi connectivity index (χ3n) is 7.42. The van der Waals surface area contributed by atoms with Gasteiger partial charge in [-0.2, -0.15) is 0 Å². The SMILES string of the molecule is Cc1ccc2c(c1)[C@@H]1C=CC[C@H]1[C@H](c1ccc(N=Cc3ccc(OCc4ccc(Cl)cc4Cl)cc3)cc1)N2. The quantitative estimate of drug-likeness (QED) is 0.196. The van der Waals surface area contributed by atoms with Crippen molar-refractivity contribution in [2.24, 2.45) is 10.9 Å². The number of aliphatic imine (C=N–C) groups is 1. The summed E-state index contributed by atoms with van der Waals surface area (Å²) in [6.45, 7) is 2.55. The number of allylic oxidation sites excluding steroid dienone is 2. The molecule has 0 bridgehead atoms. The molecular weight excluding hydrogens is 511 g/mol. The molecule has 3 atom stereocenters. The second-order valence-electron chi connectivity index (χ2n) is 10.0. The molecule has 5 heteroatoms. The van der Waals surface area contributed by atoms with Gasteiger partial charge in [-0.3, -0.25) is 4.99 Å². The number of halogens is 2. The predicted octanol–water partition coefficient (Wildman–Crippen LogP) is 9.46. The van der Waals surface area contributed by atoms with Crippen molar-refractivity contribution in [2.45, 2.75) is 31.9 Å². The van der Waals surface area contributed by atoms with Crippen LogP contribution in [0.3, 0.4) is 0 Å². The number of hydrogen-bond donors (Lipinski definition) is 1. The summed E-state index contributed by atoms with van der Waals surface area (Å²) in [6, 6.07) is 28.9. The van der Waals surface area contributed by atoms with E-state index in [0.717, 1.165) is 29.0 Å². The Bertz CT molecular complexity index is 1510. The molecule has 1 heterocycles. The van der Waals surface area contributed by atoms with Gasteiger partial charge in [-0.15, -0.1) is 0 Å². The van der Waals surface area contributed by atoms with Crippen LogP contribution in [0.1, 0.15) is 46.2 Å². The van der Waals surface area contributed by atoms with Crippen LogP contribution in [0.25, 0.3) is 0 Å². The zero-order chi connectivity index (χ0) is 26.1. The van der Waals surface area contributed by atoms with Gasteiger partial charge in [0.25, 0.3) is 0 Å². The number of aryl methyl sites for hydroxylation is 1. The maximum atomic E-state index is 6.24. The van der Waals surface area contributed by atoms with E-state index in [-0.39, 0.29) is 0 Å². The van der Waals surface area contributed by atoms with Crippen LogP contribution in [0.5, 0.6) is 5.75 Å². The first-order valence-electron chi connectivity index (χ1n) is 12.9. The monoisotopic (exact) mass is 538 g/mol. The van der Waals surface area contributed by atoms with Crippen molar-refractivity contribution in [2.75, 3.05) is 5.32 Å². The normalized spacial score (nSPS) is 19.7. The molecule has 4 aromatic rings. The van der Waals surface area contributed by atoms with Gasteiger partial charge >= 0.3 is 0 Å². The Hall–Kier alpha value is -3.53. The molecule has 1 aliphatic carbocycles. The van der Waals surface area contributed by atoms with E-state index in [2.05, 4.69) is 71.8 Å². The van der Waals surface area contributed by atoms with E-state index < -0.39 is 0 Å². The number of fused-ring (bicyclic) bond motifs is 3. The van der Waals surface area contributed by atoms with Crippen LogP contribution in [-0.2, 0) is 6.61 Å². The van der Waals surface area contributed by atoms with E-state index in [1.807, 2.05) is 42.6 Å². The second-order valence-corrected chi connectivity index (χ2v) is 10.9. The van der Waals surface area contributed by atoms with Crippen molar-refractivity contribution < 1.29 is 4.74 Å². The van der Waals surface area contributed by atoms with Gasteiger partial charge in [0.1, 0.15) is 12.4 Å². The van der Waals surface area contributed by atoms with E-state index in [4.69, 9.17) is 27.9 Å². The second kappa shape index (κ2) is 10.7. The van der Waals surface area contributed by atoms with Crippen LogP contribution in [0.2, 0.25) is 10.0 Å². The molecule has 0 unspecified atom stereocenters. The van der Waals surface area contributed by atoms with Crippen molar-refractivity contribution in [3.05, 3.63) is 135 Å². The summed E-state index contributed by atoms with van der Waals surface area (Å²) in [5.74, 6) is 1.79. The fourth-order valence-corrected chi connectivity index (χ4v) is 5.87. The lowest BCUT2D eigenvalue weighted by Gasteiger charge is -2.37. The highest BCUT2D eigenvalue weighted by Gasteiger charge is 2.37. The van der Waals surface area contributed by atoms with Crippen molar-refractivity contribution in [3.63, 3.8) is 0 Å². The number of nitrogens with one attached hydrogen (secondary N) is 1. The lowest BCUT2D eigenvalue weighted by molar-refractivity contribution is 0.306. The van der Waals surface area contributed by atoms with Crippen molar-refractivity contribution in [1.29, 1.82) is 0 Å². The number of rotatable bonds is 6. The summed E-state index contributed by atoms with van der Waals surface area (Å²) in [7, 11) is 0. The van der Waals surface area contributed by atoms with Crippen LogP contribution in [0, 0.1) is 12.8 Å². The van der Waals surface area contributed by atoms with Gasteiger partial charge in [0.2, 0.25) is 0 Å². The smallest absolute Gasteiger partial charge is 0.119 e. The molecule has 0 saturated heterocycles. The third-order valence-corrected chi connectivity index (χ3v) is 8.01. The maximum absolute atomic E-state index is 6.24. The first-order chi connectivity index (χ1) is 18.5. The van der Waals surface area contributed by atoms with Gasteiger partial charge in [-0.05, 0) is 90.6 Å². The first kappa shape index (κ1) is 24.8. The van der Waals surface area contributed by atoms with Gasteiger partial charge < -0.3 is 10.1 Å². The average Bonchev–Trinajstić information content (AvgIpc) is 3.43. The topological polar surface area (TPSA) is 33.6 Å². The third kappa shape index (κ3) is 5.22. The molecule has 0 aromatic heterocycles. The maximum Gasteiger partial charge on any atom is 0.119 e. The van der Waals surface area contributed by atoms with Crippen molar-refractivity contribution >= 4 is 40.8 Å². The minimum absolute atomic E-state index is 0.290. The molecular formula is C33H28Cl2N2O. The molecule has 6 rings (SSSR count). The van der Waals surface area contributed by atoms with E-state index in [1.54, 1.807) is 6.07 Å². The van der Waals surface area contributed by atoms with E-state index in [0.29, 0.717) is 34.5 Å². The number of nitrogens with zero attached hydrogens (tertiary/aromatic N) is 1. The lowest BCUT2D eigenvalue weighted by atomic mass is 9.76.